The van der Waals surface area contributed by atoms with Crippen LogP contribution in [0, 0.1) is 6.92 Å². The number of rotatable bonds is 8. The van der Waals surface area contributed by atoms with E-state index in [0.29, 0.717) is 5.56 Å². The number of nitrogens with one attached hydrogen (secondary N) is 1. The van der Waals surface area contributed by atoms with Crippen LogP contribution in [0.5, 0.6) is 0 Å². The minimum absolute atomic E-state index is 0.0120. The number of aromatic nitrogens is 2. The van der Waals surface area contributed by atoms with Gasteiger partial charge in [0, 0.05) is 25.8 Å². The largest absolute Gasteiger partial charge is 0.448 e. The first-order valence-corrected chi connectivity index (χ1v) is 12.1. The fraction of sp³-hybridized carbons (Fsp3) is 0.250. The number of amides is 1. The van der Waals surface area contributed by atoms with Crippen molar-refractivity contribution in [3.63, 3.8) is 0 Å². The molecule has 0 spiro atoms. The summed E-state index contributed by atoms with van der Waals surface area (Å²) < 4.78 is 32.2. The van der Waals surface area contributed by atoms with E-state index in [1.807, 2.05) is 30.3 Å². The summed E-state index contributed by atoms with van der Waals surface area (Å²) >= 11 is 0. The predicted molar refractivity (Wildman–Crippen MR) is 130 cm³/mol. The number of nitrogens with zero attached hydrogens (tertiary/aromatic N) is 3. The smallest absolute Gasteiger partial charge is 0.359 e. The van der Waals surface area contributed by atoms with Gasteiger partial charge in [-0.3, -0.25) is 9.59 Å². The highest BCUT2D eigenvalue weighted by atomic mass is 32.2. The van der Waals surface area contributed by atoms with E-state index in [-0.39, 0.29) is 28.4 Å². The Morgan fingerprint density at radius 3 is 2.43 bits per heavy atom. The maximum atomic E-state index is 12.7. The highest BCUT2D eigenvalue weighted by Crippen LogP contribution is 2.22. The van der Waals surface area contributed by atoms with E-state index in [4.69, 9.17) is 4.74 Å². The summed E-state index contributed by atoms with van der Waals surface area (Å²) in [7, 11) is -0.880. The molecule has 0 aliphatic carbocycles. The third-order valence-corrected chi connectivity index (χ3v) is 6.96. The molecule has 0 bridgehead atoms. The van der Waals surface area contributed by atoms with Crippen LogP contribution < -0.4 is 10.9 Å². The van der Waals surface area contributed by atoms with Crippen molar-refractivity contribution < 1.29 is 22.7 Å². The molecule has 3 rings (SSSR count). The average molecular weight is 499 g/mol. The Morgan fingerprint density at radius 2 is 1.77 bits per heavy atom. The Balaban J connectivity index is 1.72. The lowest BCUT2D eigenvalue weighted by Crippen LogP contribution is -2.32. The van der Waals surface area contributed by atoms with Crippen LogP contribution in [0.15, 0.2) is 70.4 Å². The van der Waals surface area contributed by atoms with Crippen LogP contribution in [0.1, 0.15) is 28.5 Å². The number of carbonyl (C=O) groups excluding carboxylic acids is 2. The van der Waals surface area contributed by atoms with Crippen LogP contribution in [-0.4, -0.2) is 54.6 Å². The van der Waals surface area contributed by atoms with E-state index in [2.05, 4.69) is 10.4 Å². The quantitative estimate of drug-likeness (QED) is 0.471. The molecule has 35 heavy (non-hydrogen) atoms. The number of aryl methyl sites for hydroxylation is 1. The van der Waals surface area contributed by atoms with Gasteiger partial charge in [-0.1, -0.05) is 36.4 Å². The Morgan fingerprint density at radius 1 is 1.09 bits per heavy atom. The van der Waals surface area contributed by atoms with Crippen LogP contribution in [0.3, 0.4) is 0 Å². The van der Waals surface area contributed by atoms with Gasteiger partial charge in [-0.2, -0.15) is 5.10 Å². The van der Waals surface area contributed by atoms with Gasteiger partial charge in [-0.25, -0.2) is 22.2 Å². The maximum absolute atomic E-state index is 12.7. The van der Waals surface area contributed by atoms with Gasteiger partial charge in [0.2, 0.25) is 10.0 Å². The molecule has 0 saturated heterocycles. The molecule has 1 unspecified atom stereocenters. The second-order valence-electron chi connectivity index (χ2n) is 8.00. The summed E-state index contributed by atoms with van der Waals surface area (Å²) in [5.41, 5.74) is 1.21. The molecule has 1 amide bonds. The summed E-state index contributed by atoms with van der Waals surface area (Å²) in [6, 6.07) is 15.9. The molecule has 2 aromatic carbocycles. The minimum atomic E-state index is -3.70. The molecule has 0 aliphatic heterocycles. The number of sulfonamides is 1. The third kappa shape index (κ3) is 6.19. The molecule has 0 saturated carbocycles. The van der Waals surface area contributed by atoms with Gasteiger partial charge < -0.3 is 10.1 Å². The molecule has 1 atom stereocenters. The number of benzene rings is 2. The van der Waals surface area contributed by atoms with Crippen molar-refractivity contribution in [3.05, 3.63) is 87.8 Å². The third-order valence-electron chi connectivity index (χ3n) is 5.15. The molecular formula is C24H26N4O6S. The van der Waals surface area contributed by atoms with Crippen molar-refractivity contribution in [2.75, 3.05) is 19.4 Å². The predicted octanol–water partition coefficient (Wildman–Crippen LogP) is 2.03. The minimum Gasteiger partial charge on any atom is -0.448 e. The Kier molecular flexibility index (Phi) is 7.82. The fourth-order valence-corrected chi connectivity index (χ4v) is 3.97. The lowest BCUT2D eigenvalue weighted by atomic mass is 10.2. The van der Waals surface area contributed by atoms with E-state index in [0.717, 1.165) is 14.6 Å². The standard InChI is InChI=1S/C24H26N4O6S/c1-16-10-11-19(35(32,33)27(3)4)14-21(16)25-23(30)17(2)34-24(31)20-12-13-22(29)28(26-20)15-18-8-6-5-7-9-18/h5-14,17H,15H2,1-4H3,(H,25,30). The zero-order valence-electron chi connectivity index (χ0n) is 19.8. The van der Waals surface area contributed by atoms with E-state index < -0.39 is 28.0 Å². The molecule has 11 heteroatoms. The monoisotopic (exact) mass is 498 g/mol. The normalized spacial score (nSPS) is 12.3. The summed E-state index contributed by atoms with van der Waals surface area (Å²) in [5.74, 6) is -1.53. The van der Waals surface area contributed by atoms with Crippen molar-refractivity contribution in [3.8, 4) is 0 Å². The van der Waals surface area contributed by atoms with E-state index in [9.17, 15) is 22.8 Å². The van der Waals surface area contributed by atoms with Crippen LogP contribution in [-0.2, 0) is 26.1 Å². The molecule has 0 aliphatic rings. The molecular weight excluding hydrogens is 472 g/mol. The van der Waals surface area contributed by atoms with Gasteiger partial charge in [0.15, 0.2) is 11.8 Å². The second-order valence-corrected chi connectivity index (χ2v) is 10.2. The van der Waals surface area contributed by atoms with Gasteiger partial charge >= 0.3 is 5.97 Å². The molecule has 3 aromatic rings. The zero-order valence-corrected chi connectivity index (χ0v) is 20.6. The van der Waals surface area contributed by atoms with Crippen molar-refractivity contribution >= 4 is 27.6 Å². The van der Waals surface area contributed by atoms with E-state index in [1.165, 1.54) is 45.3 Å². The number of ether oxygens (including phenoxy) is 1. The summed E-state index contributed by atoms with van der Waals surface area (Å²) in [5, 5.41) is 6.66. The molecule has 10 nitrogen and oxygen atoms in total. The number of anilines is 1. The SMILES string of the molecule is Cc1ccc(S(=O)(=O)N(C)C)cc1NC(=O)C(C)OC(=O)c1ccc(=O)n(Cc2ccccc2)n1. The van der Waals surface area contributed by atoms with Gasteiger partial charge in [0.25, 0.3) is 11.5 Å². The zero-order chi connectivity index (χ0) is 25.8. The summed E-state index contributed by atoms with van der Waals surface area (Å²) in [6.45, 7) is 3.25. The first kappa shape index (κ1) is 25.8. The van der Waals surface area contributed by atoms with E-state index in [1.54, 1.807) is 13.0 Å². The molecule has 1 N–H and O–H groups in total. The van der Waals surface area contributed by atoms with Crippen LogP contribution >= 0.6 is 0 Å². The molecule has 0 radical (unpaired) electrons. The van der Waals surface area contributed by atoms with Gasteiger partial charge in [-0.05, 0) is 43.2 Å². The Hall–Kier alpha value is -3.83. The lowest BCUT2D eigenvalue weighted by molar-refractivity contribution is -0.123. The number of hydrogen-bond donors (Lipinski definition) is 1. The summed E-state index contributed by atoms with van der Waals surface area (Å²) in [6.07, 6.45) is -1.22. The highest BCUT2D eigenvalue weighted by Gasteiger charge is 2.23. The second kappa shape index (κ2) is 10.6. The lowest BCUT2D eigenvalue weighted by Gasteiger charge is -2.17. The fourth-order valence-electron chi connectivity index (χ4n) is 3.04. The maximum Gasteiger partial charge on any atom is 0.359 e. The van der Waals surface area contributed by atoms with Gasteiger partial charge in [0.1, 0.15) is 0 Å². The van der Waals surface area contributed by atoms with Crippen molar-refractivity contribution in [1.29, 1.82) is 0 Å². The van der Waals surface area contributed by atoms with Crippen molar-refractivity contribution in [1.82, 2.24) is 14.1 Å². The van der Waals surface area contributed by atoms with Crippen molar-refractivity contribution in [2.45, 2.75) is 31.4 Å². The number of esters is 1. The topological polar surface area (TPSA) is 128 Å². The van der Waals surface area contributed by atoms with Crippen molar-refractivity contribution in [2.24, 2.45) is 0 Å². The Labute approximate surface area is 203 Å². The number of carbonyl (C=O) groups is 2. The first-order chi connectivity index (χ1) is 16.5. The molecule has 1 aromatic heterocycles. The highest BCUT2D eigenvalue weighted by molar-refractivity contribution is 7.89. The molecule has 1 heterocycles. The van der Waals surface area contributed by atoms with Crippen LogP contribution in [0.4, 0.5) is 5.69 Å². The average Bonchev–Trinajstić information content (AvgIpc) is 2.82. The van der Waals surface area contributed by atoms with Gasteiger partial charge in [-0.15, -0.1) is 0 Å². The van der Waals surface area contributed by atoms with Crippen LogP contribution in [0.2, 0.25) is 0 Å². The number of hydrogen-bond acceptors (Lipinski definition) is 7. The first-order valence-electron chi connectivity index (χ1n) is 10.7. The summed E-state index contributed by atoms with van der Waals surface area (Å²) in [4.78, 5) is 37.4. The van der Waals surface area contributed by atoms with E-state index >= 15 is 0 Å². The van der Waals surface area contributed by atoms with Gasteiger partial charge in [0.05, 0.1) is 11.4 Å². The molecule has 184 valence electrons. The molecule has 0 fully saturated rings. The Bertz CT molecular complexity index is 1400. The van der Waals surface area contributed by atoms with Crippen LogP contribution in [0.25, 0.3) is 0 Å².